The van der Waals surface area contributed by atoms with E-state index in [2.05, 4.69) is 31.3 Å². The maximum Gasteiger partial charge on any atom is 0.141 e. The van der Waals surface area contributed by atoms with E-state index >= 15 is 0 Å². The number of pyridine rings is 1. The smallest absolute Gasteiger partial charge is 0.141 e. The second-order valence-electron chi connectivity index (χ2n) is 7.73. The molecule has 0 aliphatic rings. The van der Waals surface area contributed by atoms with E-state index in [4.69, 9.17) is 23.2 Å². The first-order valence-corrected chi connectivity index (χ1v) is 12.1. The summed E-state index contributed by atoms with van der Waals surface area (Å²) in [5.74, 6) is -0.908. The highest BCUT2D eigenvalue weighted by molar-refractivity contribution is 7.03. The molecule has 6 nitrogen and oxygen atoms in total. The van der Waals surface area contributed by atoms with Gasteiger partial charge in [-0.3, -0.25) is 4.98 Å². The molecule has 0 saturated heterocycles. The SMILES string of the molecule is N#Cc1cnc2c(Cl)cc(NC(c3ccc(F)cc3)c3csnn3)cc2c1Nc1ccc(F)c(Cl)c1. The van der Waals surface area contributed by atoms with Crippen LogP contribution in [0, 0.1) is 23.0 Å². The Labute approximate surface area is 218 Å². The lowest BCUT2D eigenvalue weighted by Crippen LogP contribution is -2.13. The van der Waals surface area contributed by atoms with E-state index in [1.165, 1.54) is 48.1 Å². The highest BCUT2D eigenvalue weighted by Gasteiger charge is 2.19. The Bertz CT molecular complexity index is 1600. The molecule has 0 fully saturated rings. The number of aromatic nitrogens is 3. The van der Waals surface area contributed by atoms with Crippen molar-refractivity contribution in [1.29, 1.82) is 5.26 Å². The minimum atomic E-state index is -0.555. The van der Waals surface area contributed by atoms with Crippen LogP contribution in [0.5, 0.6) is 0 Å². The van der Waals surface area contributed by atoms with E-state index in [1.54, 1.807) is 29.6 Å². The zero-order valence-corrected chi connectivity index (χ0v) is 20.5. The van der Waals surface area contributed by atoms with Gasteiger partial charge in [-0.15, -0.1) is 5.10 Å². The Morgan fingerprint density at radius 3 is 2.44 bits per heavy atom. The predicted molar refractivity (Wildman–Crippen MR) is 138 cm³/mol. The molecular formula is C25H14Cl2F2N6S. The van der Waals surface area contributed by atoms with Gasteiger partial charge in [0.2, 0.25) is 0 Å². The third-order valence-corrected chi connectivity index (χ3v) is 6.52. The topological polar surface area (TPSA) is 86.5 Å². The van der Waals surface area contributed by atoms with Gasteiger partial charge in [0.1, 0.15) is 23.4 Å². The van der Waals surface area contributed by atoms with Crippen LogP contribution in [0.1, 0.15) is 22.9 Å². The van der Waals surface area contributed by atoms with Crippen LogP contribution in [0.25, 0.3) is 10.9 Å². The van der Waals surface area contributed by atoms with Gasteiger partial charge >= 0.3 is 0 Å². The van der Waals surface area contributed by atoms with Crippen LogP contribution in [0.4, 0.5) is 25.8 Å². The Balaban J connectivity index is 1.61. The molecule has 2 aromatic heterocycles. The molecule has 1 unspecified atom stereocenters. The Kier molecular flexibility index (Phi) is 6.65. The van der Waals surface area contributed by atoms with Crippen LogP contribution < -0.4 is 10.6 Å². The monoisotopic (exact) mass is 538 g/mol. The predicted octanol–water partition coefficient (Wildman–Crippen LogP) is 7.49. The normalized spacial score (nSPS) is 11.8. The maximum atomic E-state index is 13.7. The van der Waals surface area contributed by atoms with Crippen molar-refractivity contribution in [3.63, 3.8) is 0 Å². The van der Waals surface area contributed by atoms with Gasteiger partial charge in [-0.05, 0) is 59.6 Å². The minimum absolute atomic E-state index is 0.0590. The molecule has 5 aromatic rings. The van der Waals surface area contributed by atoms with Crippen molar-refractivity contribution in [3.8, 4) is 6.07 Å². The molecule has 0 radical (unpaired) electrons. The molecule has 5 rings (SSSR count). The number of hydrogen-bond donors (Lipinski definition) is 2. The number of nitrogens with one attached hydrogen (secondary N) is 2. The average molecular weight is 539 g/mol. The van der Waals surface area contributed by atoms with Crippen LogP contribution in [-0.2, 0) is 0 Å². The van der Waals surface area contributed by atoms with Crippen molar-refractivity contribution >= 4 is 62.7 Å². The summed E-state index contributed by atoms with van der Waals surface area (Å²) in [5.41, 5.74) is 3.66. The molecule has 36 heavy (non-hydrogen) atoms. The van der Waals surface area contributed by atoms with Gasteiger partial charge in [-0.1, -0.05) is 39.8 Å². The Morgan fingerprint density at radius 1 is 0.972 bits per heavy atom. The van der Waals surface area contributed by atoms with Gasteiger partial charge in [-0.2, -0.15) is 5.26 Å². The number of hydrogen-bond acceptors (Lipinski definition) is 7. The van der Waals surface area contributed by atoms with E-state index < -0.39 is 11.9 Å². The average Bonchev–Trinajstić information content (AvgIpc) is 3.40. The summed E-state index contributed by atoms with van der Waals surface area (Å²) >= 11 is 13.7. The number of nitriles is 1. The third kappa shape index (κ3) is 4.79. The number of anilines is 3. The molecule has 11 heteroatoms. The first kappa shape index (κ1) is 23.9. The summed E-state index contributed by atoms with van der Waals surface area (Å²) in [6.07, 6.45) is 1.41. The lowest BCUT2D eigenvalue weighted by atomic mass is 10.0. The first-order chi connectivity index (χ1) is 17.4. The van der Waals surface area contributed by atoms with Gasteiger partial charge in [0.05, 0.1) is 32.9 Å². The van der Waals surface area contributed by atoms with Crippen molar-refractivity contribution in [2.45, 2.75) is 6.04 Å². The molecule has 0 saturated carbocycles. The summed E-state index contributed by atoms with van der Waals surface area (Å²) in [6.45, 7) is 0. The zero-order valence-electron chi connectivity index (χ0n) is 18.1. The van der Waals surface area contributed by atoms with Crippen LogP contribution in [0.3, 0.4) is 0 Å². The minimum Gasteiger partial charge on any atom is -0.373 e. The molecular weight excluding hydrogens is 525 g/mol. The molecule has 2 N–H and O–H groups in total. The van der Waals surface area contributed by atoms with Crippen LogP contribution in [0.15, 0.2) is 66.2 Å². The first-order valence-electron chi connectivity index (χ1n) is 10.5. The van der Waals surface area contributed by atoms with Gasteiger partial charge < -0.3 is 10.6 Å². The molecule has 3 aromatic carbocycles. The van der Waals surface area contributed by atoms with Crippen molar-refractivity contribution in [3.05, 3.63) is 105 Å². The molecule has 178 valence electrons. The summed E-state index contributed by atoms with van der Waals surface area (Å²) in [4.78, 5) is 4.35. The number of benzene rings is 3. The van der Waals surface area contributed by atoms with Crippen molar-refractivity contribution < 1.29 is 8.78 Å². The second-order valence-corrected chi connectivity index (χ2v) is 9.15. The lowest BCUT2D eigenvalue weighted by molar-refractivity contribution is 0.626. The van der Waals surface area contributed by atoms with Gasteiger partial charge in [0.15, 0.2) is 0 Å². The van der Waals surface area contributed by atoms with Gasteiger partial charge in [0.25, 0.3) is 0 Å². The number of rotatable bonds is 6. The fourth-order valence-electron chi connectivity index (χ4n) is 3.73. The fourth-order valence-corrected chi connectivity index (χ4v) is 4.66. The Hall–Kier alpha value is -3.84. The van der Waals surface area contributed by atoms with E-state index in [0.29, 0.717) is 38.7 Å². The summed E-state index contributed by atoms with van der Waals surface area (Å²) in [6, 6.07) is 15.4. The van der Waals surface area contributed by atoms with Gasteiger partial charge in [-0.25, -0.2) is 8.78 Å². The second kappa shape index (κ2) is 10.0. The third-order valence-electron chi connectivity index (χ3n) is 5.42. The van der Waals surface area contributed by atoms with Crippen LogP contribution >= 0.6 is 34.7 Å². The van der Waals surface area contributed by atoms with E-state index in [1.807, 2.05) is 0 Å². The molecule has 0 spiro atoms. The fraction of sp³-hybridized carbons (Fsp3) is 0.0400. The summed E-state index contributed by atoms with van der Waals surface area (Å²) < 4.78 is 31.2. The summed E-state index contributed by atoms with van der Waals surface area (Å²) in [5, 5.41) is 23.1. The largest absolute Gasteiger partial charge is 0.373 e. The molecule has 0 amide bonds. The van der Waals surface area contributed by atoms with E-state index in [9.17, 15) is 14.0 Å². The van der Waals surface area contributed by atoms with E-state index in [-0.39, 0.29) is 16.4 Å². The summed E-state index contributed by atoms with van der Waals surface area (Å²) in [7, 11) is 0. The maximum absolute atomic E-state index is 13.7. The number of fused-ring (bicyclic) bond motifs is 1. The number of halogens is 4. The quantitative estimate of drug-likeness (QED) is 0.233. The lowest BCUT2D eigenvalue weighted by Gasteiger charge is -2.20. The highest BCUT2D eigenvalue weighted by Crippen LogP contribution is 2.37. The van der Waals surface area contributed by atoms with E-state index in [0.717, 1.165) is 5.56 Å². The molecule has 0 aliphatic carbocycles. The zero-order chi connectivity index (χ0) is 25.2. The standard InChI is InChI=1S/C25H14Cl2F2N6S/c26-19-8-16(5-6-21(19)29)32-23-14(10-30)11-31-25-18(23)7-17(9-20(25)27)33-24(22-12-36-35-34-22)13-1-3-15(28)4-2-13/h1-9,11-12,24,33H,(H,31,32). The Morgan fingerprint density at radius 2 is 1.75 bits per heavy atom. The molecule has 0 bridgehead atoms. The van der Waals surface area contributed by atoms with Gasteiger partial charge in [0, 0.05) is 28.3 Å². The van der Waals surface area contributed by atoms with Crippen LogP contribution in [0.2, 0.25) is 10.0 Å². The number of nitrogens with zero attached hydrogens (tertiary/aromatic N) is 4. The van der Waals surface area contributed by atoms with Crippen molar-refractivity contribution in [2.75, 3.05) is 10.6 Å². The highest BCUT2D eigenvalue weighted by atomic mass is 35.5. The molecule has 1 atom stereocenters. The molecule has 0 aliphatic heterocycles. The van der Waals surface area contributed by atoms with Crippen molar-refractivity contribution in [1.82, 2.24) is 14.6 Å². The van der Waals surface area contributed by atoms with Crippen molar-refractivity contribution in [2.24, 2.45) is 0 Å². The van der Waals surface area contributed by atoms with Crippen LogP contribution in [-0.4, -0.2) is 14.6 Å². The molecule has 2 heterocycles.